The van der Waals surface area contributed by atoms with Gasteiger partial charge in [0.05, 0.1) is 18.7 Å². The van der Waals surface area contributed by atoms with Crippen LogP contribution in [-0.4, -0.2) is 28.5 Å². The van der Waals surface area contributed by atoms with Gasteiger partial charge >= 0.3 is 0 Å². The summed E-state index contributed by atoms with van der Waals surface area (Å²) in [7, 11) is 3.55. The average Bonchev–Trinajstić information content (AvgIpc) is 3.37. The first kappa shape index (κ1) is 24.4. The second kappa shape index (κ2) is 9.28. The molecule has 0 bridgehead atoms. The Kier molecular flexibility index (Phi) is 6.12. The molecule has 0 saturated carbocycles. The lowest BCUT2D eigenvalue weighted by atomic mass is 9.91. The van der Waals surface area contributed by atoms with Gasteiger partial charge in [0, 0.05) is 41.0 Å². The Morgan fingerprint density at radius 1 is 1.00 bits per heavy atom. The highest BCUT2D eigenvalue weighted by Gasteiger charge is 2.48. The van der Waals surface area contributed by atoms with Gasteiger partial charge < -0.3 is 14.4 Å². The fourth-order valence-corrected chi connectivity index (χ4v) is 5.30. The lowest BCUT2D eigenvalue weighted by Gasteiger charge is -2.25. The summed E-state index contributed by atoms with van der Waals surface area (Å²) in [6.07, 6.45) is 1.94. The minimum Gasteiger partial charge on any atom is -0.507 e. The van der Waals surface area contributed by atoms with Crippen molar-refractivity contribution >= 4 is 34.0 Å². The Bertz CT molecular complexity index is 1560. The second-order valence-electron chi connectivity index (χ2n) is 9.78. The molecule has 0 spiro atoms. The second-order valence-corrected chi connectivity index (χ2v) is 9.78. The van der Waals surface area contributed by atoms with Crippen molar-refractivity contribution in [3.05, 3.63) is 101 Å². The van der Waals surface area contributed by atoms with Crippen molar-refractivity contribution in [2.75, 3.05) is 12.0 Å². The molecule has 1 fully saturated rings. The summed E-state index contributed by atoms with van der Waals surface area (Å²) in [4.78, 5) is 28.7. The Morgan fingerprint density at radius 3 is 2.35 bits per heavy atom. The first-order valence-electron chi connectivity index (χ1n) is 12.3. The maximum absolute atomic E-state index is 13.6. The van der Waals surface area contributed by atoms with Crippen molar-refractivity contribution in [1.29, 1.82) is 0 Å². The van der Waals surface area contributed by atoms with Crippen molar-refractivity contribution in [2.24, 2.45) is 7.05 Å². The number of aliphatic hydroxyl groups is 1. The predicted octanol–water partition coefficient (Wildman–Crippen LogP) is 6.25. The summed E-state index contributed by atoms with van der Waals surface area (Å²) in [5.74, 6) is -0.708. The predicted molar refractivity (Wildman–Crippen MR) is 146 cm³/mol. The normalized spacial score (nSPS) is 17.2. The Morgan fingerprint density at radius 2 is 1.68 bits per heavy atom. The van der Waals surface area contributed by atoms with E-state index in [9.17, 15) is 14.7 Å². The number of fused-ring (bicyclic) bond motifs is 1. The molecule has 1 saturated heterocycles. The van der Waals surface area contributed by atoms with Crippen LogP contribution >= 0.6 is 0 Å². The van der Waals surface area contributed by atoms with Gasteiger partial charge in [0.15, 0.2) is 0 Å². The maximum atomic E-state index is 13.6. The monoisotopic (exact) mass is 494 g/mol. The summed E-state index contributed by atoms with van der Waals surface area (Å²) in [5.41, 5.74) is 4.59. The largest absolute Gasteiger partial charge is 0.507 e. The quantitative estimate of drug-likeness (QED) is 0.202. The van der Waals surface area contributed by atoms with E-state index in [1.54, 1.807) is 19.2 Å². The third kappa shape index (κ3) is 3.89. The van der Waals surface area contributed by atoms with Gasteiger partial charge in [0.2, 0.25) is 0 Å². The van der Waals surface area contributed by atoms with E-state index in [1.165, 1.54) is 4.90 Å². The molecule has 1 unspecified atom stereocenters. The number of hydrogen-bond donors (Lipinski definition) is 1. The molecular weight excluding hydrogens is 464 g/mol. The third-order valence-electron chi connectivity index (χ3n) is 7.15. The number of rotatable bonds is 5. The number of amides is 1. The van der Waals surface area contributed by atoms with E-state index in [0.29, 0.717) is 11.3 Å². The number of nitrogens with zero attached hydrogens (tertiary/aromatic N) is 2. The molecule has 1 atom stereocenters. The van der Waals surface area contributed by atoms with Gasteiger partial charge in [-0.3, -0.25) is 14.5 Å². The molecule has 1 N–H and O–H groups in total. The van der Waals surface area contributed by atoms with Crippen molar-refractivity contribution in [1.82, 2.24) is 4.57 Å². The van der Waals surface area contributed by atoms with E-state index < -0.39 is 17.7 Å². The minimum absolute atomic E-state index is 0.0770. The molecule has 2 heterocycles. The number of carbonyl (C=O) groups is 2. The number of hydrogen-bond acceptors (Lipinski definition) is 4. The molecule has 1 aliphatic heterocycles. The SMILES string of the molecule is COc1cc(C)c(/C(O)=C2\C(=O)C(=O)N(c3ccccc3)C2c2cn(C)c3ccccc23)cc1C(C)C. The van der Waals surface area contributed by atoms with E-state index in [-0.39, 0.29) is 17.3 Å². The summed E-state index contributed by atoms with van der Waals surface area (Å²) in [6.45, 7) is 5.95. The molecule has 1 amide bonds. The summed E-state index contributed by atoms with van der Waals surface area (Å²) >= 11 is 0. The van der Waals surface area contributed by atoms with Crippen molar-refractivity contribution in [2.45, 2.75) is 32.7 Å². The number of benzene rings is 3. The zero-order valence-electron chi connectivity index (χ0n) is 21.6. The highest BCUT2D eigenvalue weighted by Crippen LogP contribution is 2.45. The van der Waals surface area contributed by atoms with Crippen LogP contribution in [0.1, 0.15) is 48.1 Å². The molecule has 5 rings (SSSR count). The van der Waals surface area contributed by atoms with Gasteiger partial charge in [-0.1, -0.05) is 50.2 Å². The van der Waals surface area contributed by atoms with E-state index >= 15 is 0 Å². The van der Waals surface area contributed by atoms with Crippen molar-refractivity contribution < 1.29 is 19.4 Å². The molecule has 4 aromatic rings. The lowest BCUT2D eigenvalue weighted by Crippen LogP contribution is -2.29. The zero-order chi connectivity index (χ0) is 26.4. The van der Waals surface area contributed by atoms with Crippen LogP contribution in [0, 0.1) is 6.92 Å². The van der Waals surface area contributed by atoms with Gasteiger partial charge in [0.1, 0.15) is 11.5 Å². The molecule has 0 aliphatic carbocycles. The fourth-order valence-electron chi connectivity index (χ4n) is 5.30. The van der Waals surface area contributed by atoms with Gasteiger partial charge in [-0.25, -0.2) is 0 Å². The molecule has 188 valence electrons. The molecule has 6 nitrogen and oxygen atoms in total. The van der Waals surface area contributed by atoms with E-state index in [0.717, 1.165) is 33.3 Å². The number of aromatic nitrogens is 1. The standard InChI is InChI=1S/C31H30N2O4/c1-18(2)22-16-23(19(3)15-26(22)37-5)29(34)27-28(24-17-32(4)25-14-10-9-13-21(24)25)33(31(36)30(27)35)20-11-7-6-8-12-20/h6-18,28,34H,1-5H3/b29-27+. The van der Waals surface area contributed by atoms with Gasteiger partial charge in [-0.15, -0.1) is 0 Å². The number of anilines is 1. The molecule has 6 heteroatoms. The first-order valence-corrected chi connectivity index (χ1v) is 12.3. The van der Waals surface area contributed by atoms with E-state index in [1.807, 2.05) is 93.2 Å². The van der Waals surface area contributed by atoms with Crippen LogP contribution in [0.5, 0.6) is 5.75 Å². The number of carbonyl (C=O) groups excluding carboxylic acids is 2. The fraction of sp³-hybridized carbons (Fsp3) is 0.226. The third-order valence-corrected chi connectivity index (χ3v) is 7.15. The van der Waals surface area contributed by atoms with Crippen LogP contribution in [0.3, 0.4) is 0 Å². The van der Waals surface area contributed by atoms with Crippen LogP contribution in [0.25, 0.3) is 16.7 Å². The van der Waals surface area contributed by atoms with Crippen LogP contribution in [0.2, 0.25) is 0 Å². The van der Waals surface area contributed by atoms with Crippen LogP contribution < -0.4 is 9.64 Å². The molecule has 1 aliphatic rings. The molecule has 1 aromatic heterocycles. The molecule has 3 aromatic carbocycles. The smallest absolute Gasteiger partial charge is 0.300 e. The summed E-state index contributed by atoms with van der Waals surface area (Å²) in [5, 5.41) is 12.7. The van der Waals surface area contributed by atoms with Gasteiger partial charge in [-0.2, -0.15) is 0 Å². The molecule has 37 heavy (non-hydrogen) atoms. The Balaban J connectivity index is 1.82. The summed E-state index contributed by atoms with van der Waals surface area (Å²) in [6, 6.07) is 19.9. The number of aliphatic hydroxyl groups excluding tert-OH is 1. The van der Waals surface area contributed by atoms with Gasteiger partial charge in [-0.05, 0) is 54.3 Å². The lowest BCUT2D eigenvalue weighted by molar-refractivity contribution is -0.132. The number of aryl methyl sites for hydroxylation is 2. The zero-order valence-corrected chi connectivity index (χ0v) is 21.6. The highest BCUT2D eigenvalue weighted by atomic mass is 16.5. The highest BCUT2D eigenvalue weighted by molar-refractivity contribution is 6.52. The molecule has 0 radical (unpaired) electrons. The number of methoxy groups -OCH3 is 1. The molecular formula is C31H30N2O4. The summed E-state index contributed by atoms with van der Waals surface area (Å²) < 4.78 is 7.55. The minimum atomic E-state index is -0.794. The maximum Gasteiger partial charge on any atom is 0.300 e. The van der Waals surface area contributed by atoms with E-state index in [4.69, 9.17) is 4.74 Å². The van der Waals surface area contributed by atoms with Gasteiger partial charge in [0.25, 0.3) is 11.7 Å². The Hall–Kier alpha value is -4.32. The van der Waals surface area contributed by atoms with Crippen molar-refractivity contribution in [3.8, 4) is 5.75 Å². The van der Waals surface area contributed by atoms with Crippen molar-refractivity contribution in [3.63, 3.8) is 0 Å². The Labute approximate surface area is 216 Å². The average molecular weight is 495 g/mol. The number of para-hydroxylation sites is 2. The first-order chi connectivity index (χ1) is 17.7. The van der Waals surface area contributed by atoms with Crippen LogP contribution in [0.15, 0.2) is 78.5 Å². The topological polar surface area (TPSA) is 71.8 Å². The number of ether oxygens (including phenoxy) is 1. The van der Waals surface area contributed by atoms with Crippen LogP contribution in [0.4, 0.5) is 5.69 Å². The number of ketones is 1. The van der Waals surface area contributed by atoms with Crippen LogP contribution in [-0.2, 0) is 16.6 Å². The number of Topliss-reactive ketones (excluding diaryl/α,β-unsaturated/α-hetero) is 1. The van der Waals surface area contributed by atoms with E-state index in [2.05, 4.69) is 0 Å².